The number of ether oxygens (including phenoxy) is 3. The van der Waals surface area contributed by atoms with Crippen LogP contribution in [0.15, 0.2) is 42.1 Å². The van der Waals surface area contributed by atoms with Crippen molar-refractivity contribution in [3.8, 4) is 17.2 Å². The van der Waals surface area contributed by atoms with Crippen LogP contribution in [0.2, 0.25) is 0 Å². The van der Waals surface area contributed by atoms with E-state index < -0.39 is 17.8 Å². The maximum Gasteiger partial charge on any atom is 0.329 e. The Morgan fingerprint density at radius 3 is 2.25 bits per heavy atom. The summed E-state index contributed by atoms with van der Waals surface area (Å²) in [6, 6.07) is 8.61. The minimum atomic E-state index is -0.633. The van der Waals surface area contributed by atoms with Crippen molar-refractivity contribution in [2.24, 2.45) is 0 Å². The maximum atomic E-state index is 13.9. The molecule has 1 N–H and O–H groups in total. The highest BCUT2D eigenvalue weighted by Crippen LogP contribution is 2.36. The van der Waals surface area contributed by atoms with E-state index >= 15 is 0 Å². The molecular formula is C20H19FN2O5. The number of imide groups is 1. The van der Waals surface area contributed by atoms with Gasteiger partial charge in [0.25, 0.3) is 5.91 Å². The maximum absolute atomic E-state index is 13.9. The van der Waals surface area contributed by atoms with Gasteiger partial charge >= 0.3 is 6.03 Å². The first-order valence-corrected chi connectivity index (χ1v) is 8.36. The van der Waals surface area contributed by atoms with E-state index in [0.717, 1.165) is 4.90 Å². The third-order valence-corrected chi connectivity index (χ3v) is 4.29. The number of hydrogen-bond acceptors (Lipinski definition) is 5. The number of benzene rings is 2. The molecule has 3 amide bonds. The monoisotopic (exact) mass is 386 g/mol. The van der Waals surface area contributed by atoms with Crippen LogP contribution >= 0.6 is 0 Å². The Kier molecular flexibility index (Phi) is 5.49. The van der Waals surface area contributed by atoms with Gasteiger partial charge in [0.2, 0.25) is 0 Å². The summed E-state index contributed by atoms with van der Waals surface area (Å²) in [5, 5.41) is 2.51. The molecule has 1 fully saturated rings. The molecule has 2 aromatic rings. The first-order valence-electron chi connectivity index (χ1n) is 8.36. The molecular weight excluding hydrogens is 367 g/mol. The zero-order chi connectivity index (χ0) is 20.3. The van der Waals surface area contributed by atoms with Gasteiger partial charge in [0.15, 0.2) is 0 Å². The molecule has 0 atom stereocenters. The quantitative estimate of drug-likeness (QED) is 0.610. The smallest absolute Gasteiger partial charge is 0.329 e. The SMILES string of the molecule is COc1cc(OC)c(C=C2NC(=O)N(Cc3ccccc3F)C2=O)c(OC)c1. The summed E-state index contributed by atoms with van der Waals surface area (Å²) in [6.45, 7) is -0.175. The predicted octanol–water partition coefficient (Wildman–Crippen LogP) is 2.94. The molecule has 8 heteroatoms. The normalized spacial score (nSPS) is 15.0. The summed E-state index contributed by atoms with van der Waals surface area (Å²) >= 11 is 0. The highest BCUT2D eigenvalue weighted by molar-refractivity contribution is 6.14. The van der Waals surface area contributed by atoms with Gasteiger partial charge in [0.05, 0.1) is 33.4 Å². The minimum absolute atomic E-state index is 0.0307. The lowest BCUT2D eigenvalue weighted by atomic mass is 10.1. The van der Waals surface area contributed by atoms with Gasteiger partial charge in [-0.2, -0.15) is 0 Å². The van der Waals surface area contributed by atoms with E-state index in [1.807, 2.05) is 0 Å². The van der Waals surface area contributed by atoms with Crippen molar-refractivity contribution in [2.45, 2.75) is 6.54 Å². The third kappa shape index (κ3) is 3.62. The van der Waals surface area contributed by atoms with E-state index in [4.69, 9.17) is 14.2 Å². The van der Waals surface area contributed by atoms with Crippen LogP contribution in [-0.4, -0.2) is 38.2 Å². The average Bonchev–Trinajstić information content (AvgIpc) is 2.97. The molecule has 0 unspecified atom stereocenters. The predicted molar refractivity (Wildman–Crippen MR) is 99.6 cm³/mol. The van der Waals surface area contributed by atoms with Gasteiger partial charge < -0.3 is 19.5 Å². The van der Waals surface area contributed by atoms with Crippen molar-refractivity contribution in [1.29, 1.82) is 0 Å². The lowest BCUT2D eigenvalue weighted by molar-refractivity contribution is -0.123. The van der Waals surface area contributed by atoms with Crippen molar-refractivity contribution in [1.82, 2.24) is 10.2 Å². The molecule has 1 saturated heterocycles. The minimum Gasteiger partial charge on any atom is -0.496 e. The highest BCUT2D eigenvalue weighted by atomic mass is 19.1. The topological polar surface area (TPSA) is 77.1 Å². The number of nitrogens with one attached hydrogen (secondary N) is 1. The molecule has 0 spiro atoms. The molecule has 7 nitrogen and oxygen atoms in total. The van der Waals surface area contributed by atoms with Crippen LogP contribution in [0, 0.1) is 5.82 Å². The highest BCUT2D eigenvalue weighted by Gasteiger charge is 2.34. The zero-order valence-corrected chi connectivity index (χ0v) is 15.6. The molecule has 2 aromatic carbocycles. The fraction of sp³-hybridized carbons (Fsp3) is 0.200. The van der Waals surface area contributed by atoms with E-state index in [9.17, 15) is 14.0 Å². The number of amides is 3. The van der Waals surface area contributed by atoms with Gasteiger partial charge in [-0.3, -0.25) is 9.69 Å². The van der Waals surface area contributed by atoms with Crippen molar-refractivity contribution in [3.63, 3.8) is 0 Å². The summed E-state index contributed by atoms with van der Waals surface area (Å²) < 4.78 is 29.8. The standard InChI is InChI=1S/C20H19FN2O5/c1-26-13-8-17(27-2)14(18(9-13)28-3)10-16-19(24)23(20(25)22-16)11-12-6-4-5-7-15(12)21/h4-10H,11H2,1-3H3,(H,22,25). The van der Waals surface area contributed by atoms with Crippen molar-refractivity contribution < 1.29 is 28.2 Å². The van der Waals surface area contributed by atoms with Gasteiger partial charge in [0.1, 0.15) is 28.8 Å². The van der Waals surface area contributed by atoms with E-state index in [0.29, 0.717) is 22.8 Å². The van der Waals surface area contributed by atoms with Crippen LogP contribution in [0.1, 0.15) is 11.1 Å². The molecule has 146 valence electrons. The number of halogens is 1. The Morgan fingerprint density at radius 2 is 1.68 bits per heavy atom. The number of carbonyl (C=O) groups is 2. The lowest BCUT2D eigenvalue weighted by Crippen LogP contribution is -2.30. The number of carbonyl (C=O) groups excluding carboxylic acids is 2. The molecule has 0 aliphatic carbocycles. The number of methoxy groups -OCH3 is 3. The van der Waals surface area contributed by atoms with Crippen LogP contribution < -0.4 is 19.5 Å². The van der Waals surface area contributed by atoms with Gasteiger partial charge in [-0.15, -0.1) is 0 Å². The third-order valence-electron chi connectivity index (χ3n) is 4.29. The van der Waals surface area contributed by atoms with Crippen LogP contribution in [0.4, 0.5) is 9.18 Å². The Bertz CT molecular complexity index is 932. The van der Waals surface area contributed by atoms with Crippen LogP contribution in [-0.2, 0) is 11.3 Å². The van der Waals surface area contributed by atoms with Crippen molar-refractivity contribution in [3.05, 3.63) is 59.0 Å². The summed E-state index contributed by atoms with van der Waals surface area (Å²) in [5.74, 6) is 0.252. The molecule has 0 radical (unpaired) electrons. The first kappa shape index (κ1) is 19.2. The first-order chi connectivity index (χ1) is 13.5. The molecule has 0 aromatic heterocycles. The number of nitrogens with zero attached hydrogens (tertiary/aromatic N) is 1. The second-order valence-electron chi connectivity index (χ2n) is 5.92. The van der Waals surface area contributed by atoms with Crippen molar-refractivity contribution in [2.75, 3.05) is 21.3 Å². The van der Waals surface area contributed by atoms with Gasteiger partial charge in [-0.05, 0) is 12.1 Å². The summed E-state index contributed by atoms with van der Waals surface area (Å²) in [4.78, 5) is 25.9. The van der Waals surface area contributed by atoms with Gasteiger partial charge in [0, 0.05) is 17.7 Å². The second kappa shape index (κ2) is 7.99. The summed E-state index contributed by atoms with van der Waals surface area (Å²) in [5.41, 5.74) is 0.733. The number of rotatable bonds is 6. The fourth-order valence-corrected chi connectivity index (χ4v) is 2.83. The Morgan fingerprint density at radius 1 is 1.04 bits per heavy atom. The fourth-order valence-electron chi connectivity index (χ4n) is 2.83. The summed E-state index contributed by atoms with van der Waals surface area (Å²) in [7, 11) is 4.44. The second-order valence-corrected chi connectivity index (χ2v) is 5.92. The van der Waals surface area contributed by atoms with E-state index in [-0.39, 0.29) is 17.8 Å². The van der Waals surface area contributed by atoms with Gasteiger partial charge in [-0.1, -0.05) is 18.2 Å². The Balaban J connectivity index is 1.95. The molecule has 28 heavy (non-hydrogen) atoms. The van der Waals surface area contributed by atoms with Crippen molar-refractivity contribution >= 4 is 18.0 Å². The largest absolute Gasteiger partial charge is 0.496 e. The molecule has 0 bridgehead atoms. The average molecular weight is 386 g/mol. The van der Waals surface area contributed by atoms with E-state index in [1.54, 1.807) is 18.2 Å². The van der Waals surface area contributed by atoms with Crippen LogP contribution in [0.5, 0.6) is 17.2 Å². The number of hydrogen-bond donors (Lipinski definition) is 1. The molecule has 1 aliphatic rings. The van der Waals surface area contributed by atoms with Crippen LogP contribution in [0.3, 0.4) is 0 Å². The zero-order valence-electron chi connectivity index (χ0n) is 15.6. The molecule has 1 heterocycles. The lowest BCUT2D eigenvalue weighted by Gasteiger charge is -2.13. The van der Waals surface area contributed by atoms with Gasteiger partial charge in [-0.25, -0.2) is 9.18 Å². The van der Waals surface area contributed by atoms with E-state index in [2.05, 4.69) is 5.32 Å². The van der Waals surface area contributed by atoms with E-state index in [1.165, 1.54) is 45.6 Å². The van der Waals surface area contributed by atoms with Crippen LogP contribution in [0.25, 0.3) is 6.08 Å². The Hall–Kier alpha value is -3.55. The molecule has 3 rings (SSSR count). The molecule has 0 saturated carbocycles. The molecule has 1 aliphatic heterocycles. The summed E-state index contributed by atoms with van der Waals surface area (Å²) in [6.07, 6.45) is 1.46. The Labute approximate surface area is 161 Å². The number of urea groups is 1.